The first-order valence-corrected chi connectivity index (χ1v) is 8.58. The fourth-order valence-electron chi connectivity index (χ4n) is 3.13. The standard InChI is InChI=1S/C19H26N4/c1-16-20-18(22(2)15-17-10-6-5-7-11-17)14-19(21-16)23-12-8-3-4-9-13-23/h5-7,10-11,14H,3-4,8-9,12-13,15H2,1-2H3. The molecule has 1 aliphatic heterocycles. The van der Waals surface area contributed by atoms with Crippen LogP contribution in [0.25, 0.3) is 0 Å². The highest BCUT2D eigenvalue weighted by Crippen LogP contribution is 2.22. The topological polar surface area (TPSA) is 32.3 Å². The molecule has 23 heavy (non-hydrogen) atoms. The van der Waals surface area contributed by atoms with E-state index >= 15 is 0 Å². The van der Waals surface area contributed by atoms with Crippen LogP contribution in [-0.4, -0.2) is 30.1 Å². The molecule has 0 aliphatic carbocycles. The highest BCUT2D eigenvalue weighted by Gasteiger charge is 2.14. The van der Waals surface area contributed by atoms with Gasteiger partial charge in [0.1, 0.15) is 17.5 Å². The number of hydrogen-bond donors (Lipinski definition) is 0. The van der Waals surface area contributed by atoms with Crippen molar-refractivity contribution in [3.8, 4) is 0 Å². The van der Waals surface area contributed by atoms with Gasteiger partial charge in [-0.1, -0.05) is 43.2 Å². The van der Waals surface area contributed by atoms with Crippen molar-refractivity contribution < 1.29 is 0 Å². The Kier molecular flexibility index (Phi) is 5.11. The summed E-state index contributed by atoms with van der Waals surface area (Å²) in [7, 11) is 2.10. The van der Waals surface area contributed by atoms with Crippen molar-refractivity contribution in [2.45, 2.75) is 39.2 Å². The number of rotatable bonds is 4. The lowest BCUT2D eigenvalue weighted by Gasteiger charge is -2.24. The molecule has 0 unspecified atom stereocenters. The van der Waals surface area contributed by atoms with E-state index in [9.17, 15) is 0 Å². The Hall–Kier alpha value is -2.10. The molecule has 2 heterocycles. The summed E-state index contributed by atoms with van der Waals surface area (Å²) in [4.78, 5) is 13.9. The van der Waals surface area contributed by atoms with Crippen molar-refractivity contribution in [3.05, 3.63) is 47.8 Å². The Bertz CT molecular complexity index is 619. The predicted octanol–water partition coefficient (Wildman–Crippen LogP) is 3.80. The van der Waals surface area contributed by atoms with Crippen LogP contribution in [0, 0.1) is 6.92 Å². The molecule has 0 bridgehead atoms. The molecule has 0 amide bonds. The van der Waals surface area contributed by atoms with Gasteiger partial charge in [0.25, 0.3) is 0 Å². The van der Waals surface area contributed by atoms with Gasteiger partial charge in [0.05, 0.1) is 0 Å². The van der Waals surface area contributed by atoms with Gasteiger partial charge in [0, 0.05) is 32.7 Å². The zero-order valence-electron chi connectivity index (χ0n) is 14.2. The van der Waals surface area contributed by atoms with Crippen LogP contribution in [0.1, 0.15) is 37.1 Å². The van der Waals surface area contributed by atoms with Gasteiger partial charge in [0.2, 0.25) is 0 Å². The summed E-state index contributed by atoms with van der Waals surface area (Å²) in [6.45, 7) is 5.06. The van der Waals surface area contributed by atoms with E-state index in [1.165, 1.54) is 31.2 Å². The van der Waals surface area contributed by atoms with E-state index < -0.39 is 0 Å². The summed E-state index contributed by atoms with van der Waals surface area (Å²) < 4.78 is 0. The molecule has 0 N–H and O–H groups in total. The highest BCUT2D eigenvalue weighted by atomic mass is 15.2. The number of aryl methyl sites for hydroxylation is 1. The minimum atomic E-state index is 0.849. The zero-order valence-corrected chi connectivity index (χ0v) is 14.2. The Labute approximate surface area is 139 Å². The summed E-state index contributed by atoms with van der Waals surface area (Å²) in [5, 5.41) is 0. The minimum absolute atomic E-state index is 0.849. The largest absolute Gasteiger partial charge is 0.356 e. The predicted molar refractivity (Wildman–Crippen MR) is 96.0 cm³/mol. The molecule has 0 atom stereocenters. The number of nitrogens with zero attached hydrogens (tertiary/aromatic N) is 4. The molecule has 3 rings (SSSR count). The van der Waals surface area contributed by atoms with Crippen LogP contribution in [-0.2, 0) is 6.54 Å². The second kappa shape index (κ2) is 7.44. The van der Waals surface area contributed by atoms with E-state index in [-0.39, 0.29) is 0 Å². The summed E-state index contributed by atoms with van der Waals surface area (Å²) in [6, 6.07) is 12.7. The number of anilines is 2. The molecule has 4 nitrogen and oxygen atoms in total. The van der Waals surface area contributed by atoms with Crippen LogP contribution in [0.15, 0.2) is 36.4 Å². The van der Waals surface area contributed by atoms with Crippen molar-refractivity contribution in [1.29, 1.82) is 0 Å². The third kappa shape index (κ3) is 4.21. The van der Waals surface area contributed by atoms with Crippen LogP contribution in [0.4, 0.5) is 11.6 Å². The molecule has 0 radical (unpaired) electrons. The maximum atomic E-state index is 4.68. The van der Waals surface area contributed by atoms with Crippen molar-refractivity contribution in [2.75, 3.05) is 29.9 Å². The van der Waals surface area contributed by atoms with E-state index in [0.29, 0.717) is 0 Å². The molecule has 2 aromatic rings. The van der Waals surface area contributed by atoms with Gasteiger partial charge >= 0.3 is 0 Å². The molecule has 1 aromatic heterocycles. The Morgan fingerprint density at radius 3 is 2.39 bits per heavy atom. The summed E-state index contributed by atoms with van der Waals surface area (Å²) in [6.07, 6.45) is 5.19. The van der Waals surface area contributed by atoms with Gasteiger partial charge in [-0.2, -0.15) is 0 Å². The van der Waals surface area contributed by atoms with Gasteiger partial charge < -0.3 is 9.80 Å². The lowest BCUT2D eigenvalue weighted by atomic mass is 10.2. The van der Waals surface area contributed by atoms with E-state index in [4.69, 9.17) is 0 Å². The van der Waals surface area contributed by atoms with Gasteiger partial charge in [0.15, 0.2) is 0 Å². The molecule has 0 spiro atoms. The molecule has 1 aliphatic rings. The fraction of sp³-hybridized carbons (Fsp3) is 0.474. The normalized spacial score (nSPS) is 15.3. The molecular formula is C19H26N4. The third-order valence-electron chi connectivity index (χ3n) is 4.39. The second-order valence-electron chi connectivity index (χ2n) is 6.37. The van der Waals surface area contributed by atoms with Crippen LogP contribution >= 0.6 is 0 Å². The van der Waals surface area contributed by atoms with Crippen LogP contribution in [0.3, 0.4) is 0 Å². The summed E-state index contributed by atoms with van der Waals surface area (Å²) >= 11 is 0. The molecule has 122 valence electrons. The summed E-state index contributed by atoms with van der Waals surface area (Å²) in [5.74, 6) is 2.93. The maximum Gasteiger partial charge on any atom is 0.134 e. The van der Waals surface area contributed by atoms with Crippen molar-refractivity contribution >= 4 is 11.6 Å². The molecular weight excluding hydrogens is 284 g/mol. The van der Waals surface area contributed by atoms with Crippen LogP contribution < -0.4 is 9.80 Å². The van der Waals surface area contributed by atoms with Gasteiger partial charge in [-0.3, -0.25) is 0 Å². The van der Waals surface area contributed by atoms with Crippen LogP contribution in [0.5, 0.6) is 0 Å². The lowest BCUT2D eigenvalue weighted by molar-refractivity contribution is 0.726. The van der Waals surface area contributed by atoms with E-state index in [2.05, 4.69) is 63.2 Å². The van der Waals surface area contributed by atoms with Crippen molar-refractivity contribution in [1.82, 2.24) is 9.97 Å². The van der Waals surface area contributed by atoms with Gasteiger partial charge in [-0.05, 0) is 25.3 Å². The first kappa shape index (κ1) is 15.8. The van der Waals surface area contributed by atoms with Gasteiger partial charge in [-0.15, -0.1) is 0 Å². The first-order valence-electron chi connectivity index (χ1n) is 8.58. The number of aromatic nitrogens is 2. The molecule has 4 heteroatoms. The fourth-order valence-corrected chi connectivity index (χ4v) is 3.13. The summed E-state index contributed by atoms with van der Waals surface area (Å²) in [5.41, 5.74) is 1.29. The average molecular weight is 310 g/mol. The van der Waals surface area contributed by atoms with E-state index in [1.807, 2.05) is 6.92 Å². The maximum absolute atomic E-state index is 4.68. The Morgan fingerprint density at radius 1 is 1.00 bits per heavy atom. The number of benzene rings is 1. The SMILES string of the molecule is Cc1nc(N(C)Cc2ccccc2)cc(N2CCCCCC2)n1. The Balaban J connectivity index is 1.79. The monoisotopic (exact) mass is 310 g/mol. The van der Waals surface area contributed by atoms with Crippen molar-refractivity contribution in [2.24, 2.45) is 0 Å². The zero-order chi connectivity index (χ0) is 16.1. The second-order valence-corrected chi connectivity index (χ2v) is 6.37. The van der Waals surface area contributed by atoms with E-state index in [0.717, 1.165) is 37.1 Å². The molecule has 1 saturated heterocycles. The first-order chi connectivity index (χ1) is 11.2. The molecule has 1 aromatic carbocycles. The quantitative estimate of drug-likeness (QED) is 0.860. The molecule has 0 saturated carbocycles. The molecule has 1 fully saturated rings. The van der Waals surface area contributed by atoms with Gasteiger partial charge in [-0.25, -0.2) is 9.97 Å². The lowest BCUT2D eigenvalue weighted by Crippen LogP contribution is -2.26. The average Bonchev–Trinajstić information content (AvgIpc) is 2.84. The minimum Gasteiger partial charge on any atom is -0.356 e. The number of hydrogen-bond acceptors (Lipinski definition) is 4. The van der Waals surface area contributed by atoms with E-state index in [1.54, 1.807) is 0 Å². The third-order valence-corrected chi connectivity index (χ3v) is 4.39. The van der Waals surface area contributed by atoms with Crippen molar-refractivity contribution in [3.63, 3.8) is 0 Å². The van der Waals surface area contributed by atoms with Crippen LogP contribution in [0.2, 0.25) is 0 Å². The Morgan fingerprint density at radius 2 is 1.70 bits per heavy atom. The smallest absolute Gasteiger partial charge is 0.134 e. The highest BCUT2D eigenvalue weighted by molar-refractivity contribution is 5.51.